The maximum atomic E-state index is 11.7. The summed E-state index contributed by atoms with van der Waals surface area (Å²) >= 11 is 0. The summed E-state index contributed by atoms with van der Waals surface area (Å²) in [5, 5.41) is 19.2. The maximum Gasteiger partial charge on any atom is 0.332 e. The van der Waals surface area contributed by atoms with Gasteiger partial charge in [-0.25, -0.2) is 4.79 Å². The molecule has 4 nitrogen and oxygen atoms in total. The summed E-state index contributed by atoms with van der Waals surface area (Å²) in [6.07, 6.45) is 4.71. The van der Waals surface area contributed by atoms with Crippen molar-refractivity contribution in [1.29, 1.82) is 0 Å². The maximum absolute atomic E-state index is 11.7. The van der Waals surface area contributed by atoms with Crippen molar-refractivity contribution < 1.29 is 19.8 Å². The van der Waals surface area contributed by atoms with Gasteiger partial charge in [-0.15, -0.1) is 0 Å². The quantitative estimate of drug-likeness (QED) is 0.750. The van der Waals surface area contributed by atoms with Crippen LogP contribution in [0.5, 0.6) is 0 Å². The summed E-state index contributed by atoms with van der Waals surface area (Å²) in [6.45, 7) is 3.54. The van der Waals surface area contributed by atoms with E-state index in [1.165, 1.54) is 6.42 Å². The van der Waals surface area contributed by atoms with Crippen molar-refractivity contribution in [3.8, 4) is 0 Å². The molecular weight excluding hydrogens is 244 g/mol. The van der Waals surface area contributed by atoms with Gasteiger partial charge in [0.2, 0.25) is 0 Å². The van der Waals surface area contributed by atoms with Crippen molar-refractivity contribution in [3.63, 3.8) is 0 Å². The van der Waals surface area contributed by atoms with Gasteiger partial charge < -0.3 is 10.2 Å². The molecule has 2 saturated carbocycles. The van der Waals surface area contributed by atoms with Crippen molar-refractivity contribution in [3.05, 3.63) is 11.1 Å². The molecule has 0 aromatic rings. The minimum Gasteiger partial charge on any atom is -0.481 e. The van der Waals surface area contributed by atoms with Gasteiger partial charge in [-0.05, 0) is 50.4 Å². The van der Waals surface area contributed by atoms with Gasteiger partial charge in [0.15, 0.2) is 0 Å². The highest BCUT2D eigenvalue weighted by atomic mass is 16.4. The Morgan fingerprint density at radius 3 is 2.16 bits per heavy atom. The standard InChI is InChI=1S/C15H22O4/c1-3-15(4-2,14(18)19)12(13(16)17)11-8-9-5-6-10(11)7-9/h9-10H,3-8H2,1-2H3,(H,16,17)(H,18,19). The topological polar surface area (TPSA) is 74.6 Å². The van der Waals surface area contributed by atoms with Gasteiger partial charge in [0.05, 0.1) is 11.0 Å². The molecule has 2 aliphatic rings. The molecule has 0 aromatic carbocycles. The Morgan fingerprint density at radius 2 is 1.84 bits per heavy atom. The number of allylic oxidation sites excluding steroid dienone is 1. The van der Waals surface area contributed by atoms with Crippen LogP contribution in [-0.4, -0.2) is 22.2 Å². The average molecular weight is 266 g/mol. The molecule has 2 fully saturated rings. The number of hydrogen-bond acceptors (Lipinski definition) is 2. The second kappa shape index (κ2) is 4.99. The molecular formula is C15H22O4. The smallest absolute Gasteiger partial charge is 0.332 e. The van der Waals surface area contributed by atoms with Crippen LogP contribution < -0.4 is 0 Å². The zero-order chi connectivity index (χ0) is 14.2. The van der Waals surface area contributed by atoms with E-state index in [1.54, 1.807) is 13.8 Å². The SMILES string of the molecule is CCC(CC)(C(=O)O)C(C(=O)O)=C1CC2CCC1C2. The molecule has 2 atom stereocenters. The number of aliphatic carboxylic acids is 2. The molecule has 19 heavy (non-hydrogen) atoms. The Bertz CT molecular complexity index is 431. The fourth-order valence-electron chi connectivity index (χ4n) is 4.02. The summed E-state index contributed by atoms with van der Waals surface area (Å²) in [5.74, 6) is -1.14. The largest absolute Gasteiger partial charge is 0.481 e. The fraction of sp³-hybridized carbons (Fsp3) is 0.733. The lowest BCUT2D eigenvalue weighted by atomic mass is 9.71. The number of carboxylic acids is 2. The third-order valence-electron chi connectivity index (χ3n) is 5.17. The zero-order valence-electron chi connectivity index (χ0n) is 11.6. The van der Waals surface area contributed by atoms with Crippen molar-refractivity contribution in [2.24, 2.45) is 17.3 Å². The van der Waals surface area contributed by atoms with E-state index in [2.05, 4.69) is 0 Å². The number of carbonyl (C=O) groups is 2. The third kappa shape index (κ3) is 2.07. The van der Waals surface area contributed by atoms with Gasteiger partial charge in [0.1, 0.15) is 0 Å². The number of fused-ring (bicyclic) bond motifs is 2. The predicted molar refractivity (Wildman–Crippen MR) is 70.8 cm³/mol. The number of carboxylic acid groups (broad SMARTS) is 2. The van der Waals surface area contributed by atoms with Crippen molar-refractivity contribution in [2.75, 3.05) is 0 Å². The van der Waals surface area contributed by atoms with Crippen LogP contribution in [-0.2, 0) is 9.59 Å². The summed E-state index contributed by atoms with van der Waals surface area (Å²) in [6, 6.07) is 0. The molecule has 2 unspecified atom stereocenters. The molecule has 2 bridgehead atoms. The van der Waals surface area contributed by atoms with Gasteiger partial charge in [0, 0.05) is 0 Å². The van der Waals surface area contributed by atoms with Gasteiger partial charge in [0.25, 0.3) is 0 Å². The van der Waals surface area contributed by atoms with E-state index >= 15 is 0 Å². The lowest BCUT2D eigenvalue weighted by Gasteiger charge is -2.31. The van der Waals surface area contributed by atoms with Gasteiger partial charge in [-0.3, -0.25) is 4.79 Å². The first kappa shape index (κ1) is 14.1. The third-order valence-corrected chi connectivity index (χ3v) is 5.17. The van der Waals surface area contributed by atoms with Crippen LogP contribution in [0.2, 0.25) is 0 Å². The van der Waals surface area contributed by atoms with Gasteiger partial charge >= 0.3 is 11.9 Å². The fourth-order valence-corrected chi connectivity index (χ4v) is 4.02. The van der Waals surface area contributed by atoms with Crippen LogP contribution in [0.4, 0.5) is 0 Å². The average Bonchev–Trinajstić information content (AvgIpc) is 2.96. The molecule has 0 heterocycles. The van der Waals surface area contributed by atoms with Gasteiger partial charge in [-0.2, -0.15) is 0 Å². The Labute approximate surface area is 113 Å². The number of hydrogen-bond donors (Lipinski definition) is 2. The predicted octanol–water partition coefficient (Wildman–Crippen LogP) is 3.08. The molecule has 2 rings (SSSR count). The molecule has 2 N–H and O–H groups in total. The Morgan fingerprint density at radius 1 is 1.21 bits per heavy atom. The van der Waals surface area contributed by atoms with Crippen molar-refractivity contribution >= 4 is 11.9 Å². The highest BCUT2D eigenvalue weighted by molar-refractivity contribution is 5.97. The van der Waals surface area contributed by atoms with E-state index in [0.29, 0.717) is 24.7 Å². The highest BCUT2D eigenvalue weighted by Gasteiger charge is 2.48. The van der Waals surface area contributed by atoms with Crippen LogP contribution >= 0.6 is 0 Å². The minimum absolute atomic E-state index is 0.192. The summed E-state index contributed by atoms with van der Waals surface area (Å²) in [7, 11) is 0. The van der Waals surface area contributed by atoms with E-state index < -0.39 is 17.4 Å². The molecule has 0 saturated heterocycles. The first-order valence-electron chi connectivity index (χ1n) is 7.16. The molecule has 0 spiro atoms. The van der Waals surface area contributed by atoms with Crippen LogP contribution in [0, 0.1) is 17.3 Å². The summed E-state index contributed by atoms with van der Waals surface area (Å²) < 4.78 is 0. The van der Waals surface area contributed by atoms with E-state index in [4.69, 9.17) is 0 Å². The lowest BCUT2D eigenvalue weighted by Crippen LogP contribution is -2.37. The minimum atomic E-state index is -1.22. The zero-order valence-corrected chi connectivity index (χ0v) is 11.6. The molecule has 2 aliphatic carbocycles. The summed E-state index contributed by atoms with van der Waals surface area (Å²) in [5.41, 5.74) is -0.0990. The Hall–Kier alpha value is -1.32. The van der Waals surface area contributed by atoms with E-state index in [-0.39, 0.29) is 5.57 Å². The lowest BCUT2D eigenvalue weighted by molar-refractivity contribution is -0.150. The first-order chi connectivity index (χ1) is 8.96. The Kier molecular flexibility index (Phi) is 3.70. The van der Waals surface area contributed by atoms with E-state index in [1.807, 2.05) is 0 Å². The molecule has 0 radical (unpaired) electrons. The van der Waals surface area contributed by atoms with Crippen molar-refractivity contribution in [2.45, 2.75) is 52.4 Å². The number of rotatable bonds is 5. The van der Waals surface area contributed by atoms with Crippen LogP contribution in [0.3, 0.4) is 0 Å². The molecule has 0 aliphatic heterocycles. The highest BCUT2D eigenvalue weighted by Crippen LogP contribution is 2.52. The first-order valence-corrected chi connectivity index (χ1v) is 7.16. The second-order valence-corrected chi connectivity index (χ2v) is 5.88. The van der Waals surface area contributed by atoms with E-state index in [0.717, 1.165) is 24.8 Å². The molecule has 4 heteroatoms. The monoisotopic (exact) mass is 266 g/mol. The second-order valence-electron chi connectivity index (χ2n) is 5.88. The Balaban J connectivity index is 2.54. The normalized spacial score (nSPS) is 28.5. The van der Waals surface area contributed by atoms with Crippen LogP contribution in [0.15, 0.2) is 11.1 Å². The summed E-state index contributed by atoms with van der Waals surface area (Å²) in [4.78, 5) is 23.4. The molecule has 0 amide bonds. The molecule has 0 aromatic heterocycles. The van der Waals surface area contributed by atoms with Crippen LogP contribution in [0.1, 0.15) is 52.4 Å². The van der Waals surface area contributed by atoms with Crippen molar-refractivity contribution in [1.82, 2.24) is 0 Å². The van der Waals surface area contributed by atoms with E-state index in [9.17, 15) is 19.8 Å². The van der Waals surface area contributed by atoms with Gasteiger partial charge in [-0.1, -0.05) is 19.4 Å². The molecule has 106 valence electrons. The van der Waals surface area contributed by atoms with Crippen LogP contribution in [0.25, 0.3) is 0 Å².